The van der Waals surface area contributed by atoms with Gasteiger partial charge in [0.1, 0.15) is 6.17 Å². The summed E-state index contributed by atoms with van der Waals surface area (Å²) in [4.78, 5) is 4.97. The van der Waals surface area contributed by atoms with Crippen molar-refractivity contribution in [3.05, 3.63) is 52.1 Å². The second-order valence-corrected chi connectivity index (χ2v) is 7.77. The Labute approximate surface area is 139 Å². The van der Waals surface area contributed by atoms with Gasteiger partial charge in [-0.1, -0.05) is 32.0 Å². The minimum atomic E-state index is 0.0324. The highest BCUT2D eigenvalue weighted by Gasteiger charge is 2.45. The van der Waals surface area contributed by atoms with Gasteiger partial charge in [0, 0.05) is 12.5 Å². The topological polar surface area (TPSA) is 6.48 Å². The maximum Gasteiger partial charge on any atom is 0.103 e. The molecule has 23 heavy (non-hydrogen) atoms. The Morgan fingerprint density at radius 2 is 1.70 bits per heavy atom. The summed E-state index contributed by atoms with van der Waals surface area (Å²) in [7, 11) is 2.21. The minimum absolute atomic E-state index is 0.0324. The first kappa shape index (κ1) is 14.6. The Hall–Kier alpha value is -1.96. The minimum Gasteiger partial charge on any atom is -0.353 e. The molecule has 2 nitrogen and oxygen atoms in total. The molecular formula is C21H26N2. The van der Waals surface area contributed by atoms with Crippen LogP contribution in [0.3, 0.4) is 0 Å². The highest BCUT2D eigenvalue weighted by atomic mass is 15.4. The molecule has 0 unspecified atom stereocenters. The number of benzene rings is 2. The number of nitrogens with zero attached hydrogens (tertiary/aromatic N) is 2. The van der Waals surface area contributed by atoms with Gasteiger partial charge in [0.25, 0.3) is 0 Å². The van der Waals surface area contributed by atoms with Crippen molar-refractivity contribution in [2.45, 2.75) is 53.1 Å². The molecule has 2 aromatic carbocycles. The first-order valence-corrected chi connectivity index (χ1v) is 8.53. The molecule has 0 radical (unpaired) electrons. The van der Waals surface area contributed by atoms with E-state index in [1.54, 1.807) is 0 Å². The molecule has 2 heteroatoms. The summed E-state index contributed by atoms with van der Waals surface area (Å²) < 4.78 is 0. The van der Waals surface area contributed by atoms with Crippen LogP contribution in [-0.2, 0) is 5.41 Å². The largest absolute Gasteiger partial charge is 0.353 e. The normalized spacial score (nSPS) is 20.6. The van der Waals surface area contributed by atoms with Crippen LogP contribution in [0, 0.1) is 20.8 Å². The van der Waals surface area contributed by atoms with Crippen molar-refractivity contribution in [1.29, 1.82) is 0 Å². The fourth-order valence-corrected chi connectivity index (χ4v) is 4.72. The third-order valence-electron chi connectivity index (χ3n) is 6.12. The van der Waals surface area contributed by atoms with Crippen LogP contribution in [0.2, 0.25) is 0 Å². The monoisotopic (exact) mass is 306 g/mol. The quantitative estimate of drug-likeness (QED) is 0.661. The van der Waals surface area contributed by atoms with E-state index >= 15 is 0 Å². The van der Waals surface area contributed by atoms with Crippen LogP contribution in [-0.4, -0.2) is 13.2 Å². The molecule has 4 rings (SSSR count). The Balaban J connectivity index is 2.18. The number of para-hydroxylation sites is 1. The van der Waals surface area contributed by atoms with Crippen LogP contribution in [0.5, 0.6) is 0 Å². The van der Waals surface area contributed by atoms with Crippen molar-refractivity contribution < 1.29 is 0 Å². The van der Waals surface area contributed by atoms with Gasteiger partial charge in [0.05, 0.1) is 17.1 Å². The molecule has 0 N–H and O–H groups in total. The lowest BCUT2D eigenvalue weighted by molar-refractivity contribution is 0.610. The van der Waals surface area contributed by atoms with E-state index < -0.39 is 0 Å². The number of hydrogen-bond acceptors (Lipinski definition) is 2. The maximum atomic E-state index is 2.57. The van der Waals surface area contributed by atoms with Crippen LogP contribution in [0.15, 0.2) is 24.3 Å². The lowest BCUT2D eigenvalue weighted by atomic mass is 9.71. The van der Waals surface area contributed by atoms with Crippen molar-refractivity contribution >= 4 is 17.1 Å². The molecule has 2 aliphatic heterocycles. The Bertz CT molecular complexity index is 832. The van der Waals surface area contributed by atoms with Gasteiger partial charge in [-0.25, -0.2) is 0 Å². The fourth-order valence-electron chi connectivity index (χ4n) is 4.72. The number of fused-ring (bicyclic) bond motifs is 2. The van der Waals surface area contributed by atoms with Gasteiger partial charge in [0.2, 0.25) is 0 Å². The zero-order valence-corrected chi connectivity index (χ0v) is 15.3. The van der Waals surface area contributed by atoms with Gasteiger partial charge < -0.3 is 9.80 Å². The third kappa shape index (κ3) is 1.59. The van der Waals surface area contributed by atoms with Crippen LogP contribution in [0.4, 0.5) is 17.1 Å². The molecule has 1 atom stereocenters. The second-order valence-electron chi connectivity index (χ2n) is 7.77. The predicted octanol–water partition coefficient (Wildman–Crippen LogP) is 5.19. The molecule has 2 aliphatic rings. The van der Waals surface area contributed by atoms with Crippen LogP contribution >= 0.6 is 0 Å². The SMILES string of the molecule is Cc1cc(C)c2c(c1C)N1c3c(cccc3C2(C)C)N(C)[C@H]1C. The highest BCUT2D eigenvalue weighted by molar-refractivity contribution is 5.93. The first-order chi connectivity index (χ1) is 10.8. The Morgan fingerprint density at radius 3 is 2.39 bits per heavy atom. The molecule has 0 bridgehead atoms. The average Bonchev–Trinajstić information content (AvgIpc) is 2.74. The van der Waals surface area contributed by atoms with Crippen molar-refractivity contribution in [2.24, 2.45) is 0 Å². The number of aryl methyl sites for hydroxylation is 2. The van der Waals surface area contributed by atoms with Crippen molar-refractivity contribution in [1.82, 2.24) is 0 Å². The summed E-state index contributed by atoms with van der Waals surface area (Å²) in [6.45, 7) is 13.9. The molecule has 0 aromatic heterocycles. The molecule has 0 aliphatic carbocycles. The second kappa shape index (κ2) is 4.31. The smallest absolute Gasteiger partial charge is 0.103 e. The van der Waals surface area contributed by atoms with Crippen molar-refractivity contribution in [3.8, 4) is 0 Å². The lowest BCUT2D eigenvalue weighted by Crippen LogP contribution is -2.40. The lowest BCUT2D eigenvalue weighted by Gasteiger charge is -2.43. The number of anilines is 3. The predicted molar refractivity (Wildman–Crippen MR) is 99.2 cm³/mol. The Kier molecular flexibility index (Phi) is 2.74. The summed E-state index contributed by atoms with van der Waals surface area (Å²) >= 11 is 0. The fraction of sp³-hybridized carbons (Fsp3) is 0.429. The van der Waals surface area contributed by atoms with Crippen LogP contribution in [0.25, 0.3) is 0 Å². The first-order valence-electron chi connectivity index (χ1n) is 8.53. The molecule has 0 fully saturated rings. The van der Waals surface area contributed by atoms with Crippen molar-refractivity contribution in [3.63, 3.8) is 0 Å². The van der Waals surface area contributed by atoms with E-state index in [0.717, 1.165) is 0 Å². The molecule has 2 aromatic rings. The van der Waals surface area contributed by atoms with E-state index in [-0.39, 0.29) is 5.41 Å². The van der Waals surface area contributed by atoms with Crippen LogP contribution < -0.4 is 9.80 Å². The molecule has 0 amide bonds. The third-order valence-corrected chi connectivity index (χ3v) is 6.12. The molecule has 120 valence electrons. The standard InChI is InChI=1S/C21H26N2/c1-12-11-13(2)18-19(14(12)3)23-15(4)22(7)17-10-8-9-16(20(17)23)21(18,5)6/h8-11,15H,1-7H3/t15-/m1/s1. The summed E-state index contributed by atoms with van der Waals surface area (Å²) in [6.07, 6.45) is 0.348. The summed E-state index contributed by atoms with van der Waals surface area (Å²) in [6, 6.07) is 9.14. The van der Waals surface area contributed by atoms with Crippen molar-refractivity contribution in [2.75, 3.05) is 16.8 Å². The van der Waals surface area contributed by atoms with Gasteiger partial charge in [0.15, 0.2) is 0 Å². The van der Waals surface area contributed by atoms with Gasteiger partial charge >= 0.3 is 0 Å². The van der Waals surface area contributed by atoms with Gasteiger partial charge in [-0.3, -0.25) is 0 Å². The molecule has 0 spiro atoms. The number of rotatable bonds is 0. The van der Waals surface area contributed by atoms with E-state index in [2.05, 4.69) is 82.7 Å². The number of hydrogen-bond donors (Lipinski definition) is 0. The van der Waals surface area contributed by atoms with E-state index in [4.69, 9.17) is 0 Å². The highest BCUT2D eigenvalue weighted by Crippen LogP contribution is 2.58. The summed E-state index contributed by atoms with van der Waals surface area (Å²) in [5, 5.41) is 0. The zero-order valence-electron chi connectivity index (χ0n) is 15.3. The molecule has 2 heterocycles. The molecule has 0 saturated heterocycles. The van der Waals surface area contributed by atoms with E-state index in [0.29, 0.717) is 6.17 Å². The van der Waals surface area contributed by atoms with Gasteiger partial charge in [-0.2, -0.15) is 0 Å². The van der Waals surface area contributed by atoms with E-state index in [1.807, 2.05) is 0 Å². The molecular weight excluding hydrogens is 280 g/mol. The maximum absolute atomic E-state index is 2.57. The Morgan fingerprint density at radius 1 is 1.00 bits per heavy atom. The summed E-state index contributed by atoms with van der Waals surface area (Å²) in [5.41, 5.74) is 11.4. The van der Waals surface area contributed by atoms with Gasteiger partial charge in [-0.05, 0) is 61.6 Å². The van der Waals surface area contributed by atoms with E-state index in [9.17, 15) is 0 Å². The van der Waals surface area contributed by atoms with Crippen LogP contribution in [0.1, 0.15) is 48.6 Å². The summed E-state index contributed by atoms with van der Waals surface area (Å²) in [5.74, 6) is 0. The molecule has 0 saturated carbocycles. The average molecular weight is 306 g/mol. The van der Waals surface area contributed by atoms with E-state index in [1.165, 1.54) is 44.9 Å². The van der Waals surface area contributed by atoms with Gasteiger partial charge in [-0.15, -0.1) is 0 Å². The zero-order chi connectivity index (χ0) is 16.7.